The fourth-order valence-electron chi connectivity index (χ4n) is 14.7. The maximum atomic E-state index is 12.6. The Balaban J connectivity index is 0.749. The molecule has 5 heterocycles. The molecule has 0 bridgehead atoms. The fraction of sp³-hybridized carbons (Fsp3) is 0.918. The van der Waals surface area contributed by atoms with Gasteiger partial charge in [0.1, 0.15) is 55.4 Å². The highest BCUT2D eigenvalue weighted by Gasteiger charge is 2.70. The normalized spacial score (nSPS) is 53.3. The number of ether oxygens (including phenoxy) is 10. The number of cyclic esters (lactones) is 1. The molecule has 4 saturated heterocycles. The molecule has 8 N–H and O–H groups in total. The second-order valence-corrected chi connectivity index (χ2v) is 22.3. The van der Waals surface area contributed by atoms with E-state index >= 15 is 0 Å². The van der Waals surface area contributed by atoms with Gasteiger partial charge in [0.25, 0.3) is 0 Å². The number of hydrogen-bond donors (Lipinski definition) is 8. The summed E-state index contributed by atoms with van der Waals surface area (Å²) in [5, 5.41) is 87.5. The van der Waals surface area contributed by atoms with Crippen molar-refractivity contribution in [2.75, 3.05) is 13.2 Å². The van der Waals surface area contributed by atoms with Crippen LogP contribution in [0.5, 0.6) is 0 Å². The van der Waals surface area contributed by atoms with E-state index in [1.165, 1.54) is 13.0 Å². The third-order valence-electron chi connectivity index (χ3n) is 18.2. The highest BCUT2D eigenvalue weighted by atomic mass is 16.8. The quantitative estimate of drug-likeness (QED) is 0.104. The zero-order chi connectivity index (χ0) is 49.5. The summed E-state index contributed by atoms with van der Waals surface area (Å²) < 4.78 is 60.1. The first-order valence-corrected chi connectivity index (χ1v) is 25.3. The van der Waals surface area contributed by atoms with E-state index in [0.29, 0.717) is 18.3 Å². The van der Waals surface area contributed by atoms with E-state index in [9.17, 15) is 50.4 Å². The molecular formula is C49H76O20. The van der Waals surface area contributed by atoms with E-state index in [4.69, 9.17) is 47.4 Å². The number of carbonyl (C=O) groups excluding carboxylic acids is 2. The van der Waals surface area contributed by atoms with Crippen molar-refractivity contribution in [2.45, 2.75) is 234 Å². The van der Waals surface area contributed by atoms with Gasteiger partial charge in [-0.2, -0.15) is 0 Å². The van der Waals surface area contributed by atoms with Crippen LogP contribution in [0.15, 0.2) is 11.6 Å². The van der Waals surface area contributed by atoms with Crippen molar-refractivity contribution in [3.8, 4) is 0 Å². The van der Waals surface area contributed by atoms with Crippen molar-refractivity contribution in [1.29, 1.82) is 0 Å². The van der Waals surface area contributed by atoms with Crippen molar-refractivity contribution in [3.05, 3.63) is 11.6 Å². The standard InChI is InChI=1S/C49H76O20/c1-21-43(67-37-16-31(53)44(22(2)62-37)68-38-17-33(64-24(4)51)45(23(3)63-38)69-46-42(58)41(57)40(56)34(19-50)66-46)30(52)15-36(61-21)65-27-9-11-47(5)26(14-27)7-8-29-28(47)10-12-48(6)39(25-13-35(55)60-20-25)32(54)18-49(29,48)59/h13,21-23,26-34,36-46,50,52-54,56-59H,7-12,14-20H2,1-6H3/t21-,22+,23+,26+,27+,28-,29+,30+,31+,32-,33+,34-,36+,37+,38-,39-,40-,41+,42-,43-,44-,45+,46+,47-,48+,49-/m0/s1. The number of hydrogen-bond acceptors (Lipinski definition) is 20. The third-order valence-corrected chi connectivity index (χ3v) is 18.2. The molecule has 0 unspecified atom stereocenters. The minimum absolute atomic E-state index is 0.000687. The van der Waals surface area contributed by atoms with Gasteiger partial charge < -0.3 is 88.2 Å². The summed E-state index contributed by atoms with van der Waals surface area (Å²) in [6.07, 6.45) is -10.8. The first-order chi connectivity index (χ1) is 32.6. The first-order valence-electron chi connectivity index (χ1n) is 25.3. The first kappa shape index (κ1) is 51.9. The Morgan fingerprint density at radius 1 is 0.710 bits per heavy atom. The molecule has 4 saturated carbocycles. The molecule has 9 aliphatic rings. The molecule has 69 heavy (non-hydrogen) atoms. The Hall–Kier alpha value is -1.96. The van der Waals surface area contributed by atoms with Crippen LogP contribution in [0.25, 0.3) is 0 Å². The second-order valence-electron chi connectivity index (χ2n) is 22.3. The van der Waals surface area contributed by atoms with Crippen molar-refractivity contribution in [2.24, 2.45) is 34.5 Å². The lowest BCUT2D eigenvalue weighted by molar-refractivity contribution is -0.355. The summed E-state index contributed by atoms with van der Waals surface area (Å²) in [6, 6.07) is 0. The number of fused-ring (bicyclic) bond motifs is 5. The molecule has 8 fully saturated rings. The summed E-state index contributed by atoms with van der Waals surface area (Å²) in [6.45, 7) is 10.4. The van der Waals surface area contributed by atoms with Gasteiger partial charge in [0, 0.05) is 50.0 Å². The van der Waals surface area contributed by atoms with E-state index in [-0.39, 0.29) is 55.2 Å². The lowest BCUT2D eigenvalue weighted by atomic mass is 9.43. The molecule has 0 spiro atoms. The zero-order valence-corrected chi connectivity index (χ0v) is 40.5. The maximum absolute atomic E-state index is 12.6. The molecule has 0 aromatic rings. The largest absolute Gasteiger partial charge is 0.459 e. The van der Waals surface area contributed by atoms with Gasteiger partial charge in [-0.1, -0.05) is 13.8 Å². The molecule has 4 aliphatic carbocycles. The number of carbonyl (C=O) groups is 2. The molecule has 26 atom stereocenters. The van der Waals surface area contributed by atoms with E-state index < -0.39 is 134 Å². The Morgan fingerprint density at radius 2 is 1.33 bits per heavy atom. The highest BCUT2D eigenvalue weighted by Crippen LogP contribution is 2.70. The van der Waals surface area contributed by atoms with Crippen molar-refractivity contribution < 1.29 is 97.8 Å². The maximum Gasteiger partial charge on any atom is 0.331 e. The summed E-state index contributed by atoms with van der Waals surface area (Å²) >= 11 is 0. The van der Waals surface area contributed by atoms with Gasteiger partial charge in [0.15, 0.2) is 25.2 Å². The minimum atomic E-state index is -1.68. The van der Waals surface area contributed by atoms with Crippen LogP contribution in [0.3, 0.4) is 0 Å². The molecule has 9 rings (SSSR count). The van der Waals surface area contributed by atoms with Crippen LogP contribution < -0.4 is 0 Å². The highest BCUT2D eigenvalue weighted by molar-refractivity contribution is 5.85. The molecular weight excluding hydrogens is 909 g/mol. The van der Waals surface area contributed by atoms with Crippen LogP contribution in [0.4, 0.5) is 0 Å². The number of aliphatic hydroxyl groups is 8. The van der Waals surface area contributed by atoms with E-state index in [0.717, 1.165) is 50.5 Å². The van der Waals surface area contributed by atoms with E-state index in [2.05, 4.69) is 13.8 Å². The molecule has 5 aliphatic heterocycles. The summed E-state index contributed by atoms with van der Waals surface area (Å²) in [5.74, 6) is -0.609. The Morgan fingerprint density at radius 3 is 1.93 bits per heavy atom. The lowest BCUT2D eigenvalue weighted by Gasteiger charge is -2.63. The monoisotopic (exact) mass is 984 g/mol. The van der Waals surface area contributed by atoms with Gasteiger partial charge in [-0.05, 0) is 94.5 Å². The van der Waals surface area contributed by atoms with Crippen molar-refractivity contribution >= 4 is 11.9 Å². The Kier molecular flexibility index (Phi) is 15.1. The SMILES string of the molecule is CC(=O)O[C@@H]1C[C@H](O[C@@H]2[C@H](O)C[C@@H](O[C@@H]3[C@H](O)C[C@@H](O[C@@H]4CC[C@@]5(C)[C@H](CC[C@@H]6[C@@H]5CC[C@]5(C)[C@@H](C7=CC(=O)OC7)[C@@H](O)C[C@]65O)C4)O[C@H]3C)O[C@@H]2C)O[C@H](C)[C@H]1O[C@H]1O[C@@H](CO)[C@H](O)[C@@H](O)[C@@H]1O. The summed E-state index contributed by atoms with van der Waals surface area (Å²) in [5.41, 5.74) is -0.809. The fourth-order valence-corrected chi connectivity index (χ4v) is 14.7. The zero-order valence-electron chi connectivity index (χ0n) is 40.5. The van der Waals surface area contributed by atoms with E-state index in [1.807, 2.05) is 6.92 Å². The van der Waals surface area contributed by atoms with Gasteiger partial charge in [-0.3, -0.25) is 4.79 Å². The van der Waals surface area contributed by atoms with Crippen molar-refractivity contribution in [3.63, 3.8) is 0 Å². The minimum Gasteiger partial charge on any atom is -0.459 e. The molecule has 392 valence electrons. The second kappa shape index (κ2) is 20.0. The van der Waals surface area contributed by atoms with Crippen LogP contribution in [0.1, 0.15) is 112 Å². The summed E-state index contributed by atoms with van der Waals surface area (Å²) in [4.78, 5) is 24.2. The average Bonchev–Trinajstić information content (AvgIpc) is 3.79. The number of esters is 2. The van der Waals surface area contributed by atoms with Gasteiger partial charge in [0.05, 0.1) is 54.9 Å². The third kappa shape index (κ3) is 9.59. The van der Waals surface area contributed by atoms with Crippen LogP contribution in [0.2, 0.25) is 0 Å². The molecule has 20 heteroatoms. The molecule has 0 aromatic carbocycles. The van der Waals surface area contributed by atoms with Gasteiger partial charge in [0.2, 0.25) is 0 Å². The molecule has 0 amide bonds. The average molecular weight is 985 g/mol. The lowest BCUT2D eigenvalue weighted by Crippen LogP contribution is -2.62. The number of rotatable bonds is 11. The van der Waals surface area contributed by atoms with E-state index in [1.54, 1.807) is 13.8 Å². The predicted octanol–water partition coefficient (Wildman–Crippen LogP) is 0.613. The van der Waals surface area contributed by atoms with Gasteiger partial charge in [-0.15, -0.1) is 0 Å². The van der Waals surface area contributed by atoms with Gasteiger partial charge in [-0.25, -0.2) is 4.79 Å². The van der Waals surface area contributed by atoms with Crippen LogP contribution in [-0.2, 0) is 57.0 Å². The number of aliphatic hydroxyl groups excluding tert-OH is 7. The van der Waals surface area contributed by atoms with Crippen LogP contribution in [-0.4, -0.2) is 188 Å². The smallest absolute Gasteiger partial charge is 0.331 e. The Bertz CT molecular complexity index is 1850. The summed E-state index contributed by atoms with van der Waals surface area (Å²) in [7, 11) is 0. The van der Waals surface area contributed by atoms with Crippen LogP contribution >= 0.6 is 0 Å². The molecule has 0 aromatic heterocycles. The molecule has 0 radical (unpaired) electrons. The Labute approximate surface area is 402 Å². The van der Waals surface area contributed by atoms with Crippen molar-refractivity contribution in [1.82, 2.24) is 0 Å². The van der Waals surface area contributed by atoms with Crippen LogP contribution in [0, 0.1) is 34.5 Å². The van der Waals surface area contributed by atoms with Gasteiger partial charge >= 0.3 is 11.9 Å². The predicted molar refractivity (Wildman–Crippen MR) is 235 cm³/mol. The topological polar surface area (TPSA) is 288 Å². The molecule has 20 nitrogen and oxygen atoms in total.